The maximum Gasteiger partial charge on any atom is 0.328 e. The van der Waals surface area contributed by atoms with Crippen LogP contribution in [0.25, 0.3) is 0 Å². The molecule has 2 atom stereocenters. The Morgan fingerprint density at radius 3 is 2.75 bits per heavy atom. The molecule has 1 N–H and O–H groups in total. The number of hydrogen-bond donors (Lipinski definition) is 1. The number of nitrogens with one attached hydrogen (secondary N) is 1. The Bertz CT molecular complexity index is 204. The van der Waals surface area contributed by atoms with Crippen molar-refractivity contribution in [1.82, 2.24) is 5.48 Å². The van der Waals surface area contributed by atoms with Crippen molar-refractivity contribution in [2.75, 3.05) is 14.2 Å². The van der Waals surface area contributed by atoms with Crippen molar-refractivity contribution in [2.45, 2.75) is 12.0 Å². The topological polar surface area (TPSA) is 47.6 Å². The highest BCUT2D eigenvalue weighted by atomic mass is 16.6. The van der Waals surface area contributed by atoms with E-state index in [1.165, 1.54) is 14.2 Å². The Kier molecular flexibility index (Phi) is 2.49. The van der Waals surface area contributed by atoms with Crippen LogP contribution in [-0.4, -0.2) is 25.7 Å². The second-order valence-electron chi connectivity index (χ2n) is 2.82. The van der Waals surface area contributed by atoms with Crippen molar-refractivity contribution in [2.24, 2.45) is 5.92 Å². The zero-order valence-electron chi connectivity index (χ0n) is 7.29. The third-order valence-corrected chi connectivity index (χ3v) is 2.13. The second kappa shape index (κ2) is 3.25. The summed E-state index contributed by atoms with van der Waals surface area (Å²) < 4.78 is 4.63. The fourth-order valence-corrected chi connectivity index (χ4v) is 1.33. The van der Waals surface area contributed by atoms with Gasteiger partial charge in [-0.15, -0.1) is 6.58 Å². The van der Waals surface area contributed by atoms with Gasteiger partial charge in [-0.3, -0.25) is 0 Å². The van der Waals surface area contributed by atoms with Crippen molar-refractivity contribution < 1.29 is 14.4 Å². The fourth-order valence-electron chi connectivity index (χ4n) is 1.33. The smallest absolute Gasteiger partial charge is 0.328 e. The van der Waals surface area contributed by atoms with Gasteiger partial charge in [0.25, 0.3) is 0 Å². The van der Waals surface area contributed by atoms with E-state index in [0.717, 1.165) is 0 Å². The molecule has 0 heterocycles. The summed E-state index contributed by atoms with van der Waals surface area (Å²) in [6.07, 6.45) is 2.42. The van der Waals surface area contributed by atoms with Crippen LogP contribution in [-0.2, 0) is 14.4 Å². The maximum atomic E-state index is 11.2. The number of rotatable bonds is 4. The maximum absolute atomic E-state index is 11.2. The Hall–Kier alpha value is -0.870. The number of methoxy groups -OCH3 is 1. The van der Waals surface area contributed by atoms with Gasteiger partial charge in [0.1, 0.15) is 5.54 Å². The van der Waals surface area contributed by atoms with Gasteiger partial charge in [0, 0.05) is 5.92 Å². The molecule has 0 aliphatic heterocycles. The number of hydrogen-bond acceptors (Lipinski definition) is 4. The molecule has 0 radical (unpaired) electrons. The lowest BCUT2D eigenvalue weighted by atomic mass is 10.2. The summed E-state index contributed by atoms with van der Waals surface area (Å²) in [6, 6.07) is 0. The molecular formula is C8H13NO3. The van der Waals surface area contributed by atoms with Gasteiger partial charge in [-0.1, -0.05) is 6.08 Å². The van der Waals surface area contributed by atoms with Crippen LogP contribution in [0.15, 0.2) is 12.7 Å². The molecule has 1 fully saturated rings. The third kappa shape index (κ3) is 1.23. The van der Waals surface area contributed by atoms with Crippen LogP contribution in [0.5, 0.6) is 0 Å². The molecule has 0 spiro atoms. The molecule has 0 aromatic carbocycles. The van der Waals surface area contributed by atoms with E-state index in [0.29, 0.717) is 6.42 Å². The molecule has 2 unspecified atom stereocenters. The third-order valence-electron chi connectivity index (χ3n) is 2.13. The minimum absolute atomic E-state index is 0.116. The Balaban J connectivity index is 2.64. The van der Waals surface area contributed by atoms with Crippen molar-refractivity contribution in [1.29, 1.82) is 0 Å². The monoisotopic (exact) mass is 171 g/mol. The van der Waals surface area contributed by atoms with Crippen molar-refractivity contribution >= 4 is 5.97 Å². The predicted molar refractivity (Wildman–Crippen MR) is 43.2 cm³/mol. The Morgan fingerprint density at radius 1 is 1.75 bits per heavy atom. The quantitative estimate of drug-likeness (QED) is 0.374. The molecule has 0 aromatic rings. The van der Waals surface area contributed by atoms with Crippen molar-refractivity contribution in [3.63, 3.8) is 0 Å². The van der Waals surface area contributed by atoms with Gasteiger partial charge in [-0.25, -0.2) is 4.79 Å². The molecule has 4 heteroatoms. The Labute approximate surface area is 71.5 Å². The zero-order chi connectivity index (χ0) is 9.19. The zero-order valence-corrected chi connectivity index (χ0v) is 7.29. The van der Waals surface area contributed by atoms with E-state index in [2.05, 4.69) is 16.8 Å². The first kappa shape index (κ1) is 9.22. The first-order chi connectivity index (χ1) is 5.71. The fraction of sp³-hybridized carbons (Fsp3) is 0.625. The molecule has 1 aliphatic rings. The van der Waals surface area contributed by atoms with E-state index in [9.17, 15) is 4.79 Å². The summed E-state index contributed by atoms with van der Waals surface area (Å²) in [5.41, 5.74) is 1.96. The highest BCUT2D eigenvalue weighted by molar-refractivity contribution is 5.85. The van der Waals surface area contributed by atoms with Gasteiger partial charge in [-0.2, -0.15) is 5.48 Å². The van der Waals surface area contributed by atoms with Crippen LogP contribution in [0.2, 0.25) is 0 Å². The summed E-state index contributed by atoms with van der Waals surface area (Å²) in [5.74, 6) is -0.181. The Morgan fingerprint density at radius 2 is 2.42 bits per heavy atom. The number of carbonyl (C=O) groups is 1. The second-order valence-corrected chi connectivity index (χ2v) is 2.82. The summed E-state index contributed by atoms with van der Waals surface area (Å²) in [5, 5.41) is 0. The van der Waals surface area contributed by atoms with Crippen LogP contribution in [0.1, 0.15) is 6.42 Å². The van der Waals surface area contributed by atoms with E-state index < -0.39 is 5.54 Å². The van der Waals surface area contributed by atoms with Gasteiger partial charge >= 0.3 is 5.97 Å². The van der Waals surface area contributed by atoms with E-state index in [4.69, 9.17) is 4.84 Å². The predicted octanol–water partition coefficient (Wildman–Crippen LogP) is 0.255. The molecule has 12 heavy (non-hydrogen) atoms. The largest absolute Gasteiger partial charge is 0.468 e. The molecule has 0 amide bonds. The van der Waals surface area contributed by atoms with E-state index in [-0.39, 0.29) is 11.9 Å². The molecule has 0 aromatic heterocycles. The number of ether oxygens (including phenoxy) is 1. The SMILES string of the molecule is C=CC1CC1(NOC)C(=O)OC. The van der Waals surface area contributed by atoms with Crippen LogP contribution < -0.4 is 5.48 Å². The molecule has 4 nitrogen and oxygen atoms in total. The van der Waals surface area contributed by atoms with E-state index in [1.54, 1.807) is 6.08 Å². The van der Waals surface area contributed by atoms with Crippen LogP contribution >= 0.6 is 0 Å². The molecule has 1 rings (SSSR count). The van der Waals surface area contributed by atoms with Gasteiger partial charge in [0.05, 0.1) is 14.2 Å². The highest BCUT2D eigenvalue weighted by Gasteiger charge is 2.60. The lowest BCUT2D eigenvalue weighted by Crippen LogP contribution is -2.41. The first-order valence-corrected chi connectivity index (χ1v) is 3.72. The summed E-state index contributed by atoms with van der Waals surface area (Å²) >= 11 is 0. The molecule has 1 aliphatic carbocycles. The molecular weight excluding hydrogens is 158 g/mol. The lowest BCUT2D eigenvalue weighted by Gasteiger charge is -2.13. The standard InChI is InChI=1S/C8H13NO3/c1-4-6-5-8(6,9-12-3)7(10)11-2/h4,6,9H,1,5H2,2-3H3. The lowest BCUT2D eigenvalue weighted by molar-refractivity contribution is -0.149. The van der Waals surface area contributed by atoms with E-state index >= 15 is 0 Å². The number of esters is 1. The summed E-state index contributed by atoms with van der Waals surface area (Å²) in [6.45, 7) is 3.61. The van der Waals surface area contributed by atoms with Crippen LogP contribution in [0, 0.1) is 5.92 Å². The molecule has 0 bridgehead atoms. The van der Waals surface area contributed by atoms with Crippen LogP contribution in [0.3, 0.4) is 0 Å². The van der Waals surface area contributed by atoms with E-state index in [1.807, 2.05) is 0 Å². The van der Waals surface area contributed by atoms with Gasteiger partial charge < -0.3 is 9.57 Å². The van der Waals surface area contributed by atoms with Gasteiger partial charge in [0.15, 0.2) is 0 Å². The minimum Gasteiger partial charge on any atom is -0.468 e. The average molecular weight is 171 g/mol. The van der Waals surface area contributed by atoms with Gasteiger partial charge in [0.2, 0.25) is 0 Å². The van der Waals surface area contributed by atoms with Crippen LogP contribution in [0.4, 0.5) is 0 Å². The summed E-state index contributed by atoms with van der Waals surface area (Å²) in [4.78, 5) is 16.0. The number of carbonyl (C=O) groups excluding carboxylic acids is 1. The highest BCUT2D eigenvalue weighted by Crippen LogP contribution is 2.45. The summed E-state index contributed by atoms with van der Waals surface area (Å²) in [7, 11) is 2.84. The van der Waals surface area contributed by atoms with Gasteiger partial charge in [-0.05, 0) is 6.42 Å². The number of hydroxylamine groups is 1. The molecule has 68 valence electrons. The molecule has 0 saturated heterocycles. The minimum atomic E-state index is -0.675. The van der Waals surface area contributed by atoms with Crippen molar-refractivity contribution in [3.05, 3.63) is 12.7 Å². The molecule has 1 saturated carbocycles. The van der Waals surface area contributed by atoms with Crippen molar-refractivity contribution in [3.8, 4) is 0 Å². The average Bonchev–Trinajstić information content (AvgIpc) is 2.79. The first-order valence-electron chi connectivity index (χ1n) is 3.72. The normalized spacial score (nSPS) is 32.7.